The first kappa shape index (κ1) is 23.2. The van der Waals surface area contributed by atoms with E-state index in [1.54, 1.807) is 4.68 Å². The number of halogens is 2. The molecule has 2 aliphatic heterocycles. The van der Waals surface area contributed by atoms with Gasteiger partial charge in [-0.1, -0.05) is 0 Å². The van der Waals surface area contributed by atoms with Crippen molar-refractivity contribution in [1.82, 2.24) is 19.6 Å². The van der Waals surface area contributed by atoms with Crippen LogP contribution in [-0.2, 0) is 20.6 Å². The van der Waals surface area contributed by atoms with Gasteiger partial charge in [0.2, 0.25) is 0 Å². The standard InChI is InChI=1S/C8H11FN2O3S.C8H11FN2O.Li/c9-6-5-10-11(8(6)15(12)13)7-3-1-2-4-14-7;9-7-5-10-11(6-7)8-3-1-2-4-12-8;/h5,7H,1-4H2,(H,12,13);5-6,8H,1-4H2;/q;;+1/p-1. The summed E-state index contributed by atoms with van der Waals surface area (Å²) in [5.41, 5.74) is 0. The second kappa shape index (κ2) is 11.2. The quantitative estimate of drug-likeness (QED) is 0.509. The fourth-order valence-electron chi connectivity index (χ4n) is 3.01. The maximum absolute atomic E-state index is 13.1. The third kappa shape index (κ3) is 5.95. The van der Waals surface area contributed by atoms with E-state index < -0.39 is 28.2 Å². The summed E-state index contributed by atoms with van der Waals surface area (Å²) in [6, 6.07) is 0. The fraction of sp³-hybridized carbons (Fsp3) is 0.625. The summed E-state index contributed by atoms with van der Waals surface area (Å²) >= 11 is -2.63. The first-order valence-corrected chi connectivity index (χ1v) is 9.89. The van der Waals surface area contributed by atoms with E-state index >= 15 is 0 Å². The zero-order chi connectivity index (χ0) is 19.2. The van der Waals surface area contributed by atoms with Gasteiger partial charge in [0.1, 0.15) is 11.3 Å². The van der Waals surface area contributed by atoms with Crippen LogP contribution in [-0.4, -0.2) is 41.5 Å². The summed E-state index contributed by atoms with van der Waals surface area (Å²) in [5, 5.41) is 7.11. The van der Waals surface area contributed by atoms with Gasteiger partial charge >= 0.3 is 18.9 Å². The third-order valence-corrected chi connectivity index (χ3v) is 5.01. The molecule has 4 rings (SSSR count). The molecule has 0 aromatic carbocycles. The molecule has 8 nitrogen and oxygen atoms in total. The van der Waals surface area contributed by atoms with Crippen LogP contribution in [0.15, 0.2) is 23.6 Å². The van der Waals surface area contributed by atoms with Crippen molar-refractivity contribution >= 4 is 11.1 Å². The first-order valence-electron chi connectivity index (χ1n) is 8.81. The van der Waals surface area contributed by atoms with E-state index in [1.807, 2.05) is 0 Å². The van der Waals surface area contributed by atoms with Crippen LogP contribution in [0, 0.1) is 11.6 Å². The summed E-state index contributed by atoms with van der Waals surface area (Å²) in [7, 11) is 0. The van der Waals surface area contributed by atoms with Crippen LogP contribution in [0.1, 0.15) is 51.0 Å². The van der Waals surface area contributed by atoms with Crippen molar-refractivity contribution in [3.05, 3.63) is 30.2 Å². The maximum atomic E-state index is 13.1. The molecule has 2 saturated heterocycles. The average molecular weight is 410 g/mol. The number of hydrogen-bond donors (Lipinski definition) is 0. The molecule has 150 valence electrons. The summed E-state index contributed by atoms with van der Waals surface area (Å²) < 4.78 is 60.6. The Morgan fingerprint density at radius 3 is 2.18 bits per heavy atom. The molecule has 3 unspecified atom stereocenters. The summed E-state index contributed by atoms with van der Waals surface area (Å²) in [5.74, 6) is -1.14. The zero-order valence-electron chi connectivity index (χ0n) is 15.6. The molecule has 12 heteroatoms. The van der Waals surface area contributed by atoms with Gasteiger partial charge in [-0.25, -0.2) is 18.1 Å². The second-order valence-corrected chi connectivity index (χ2v) is 7.11. The SMILES string of the molecule is Fc1cnn(C2CCCCO2)c1.O=S([O-])c1c(F)cnn1C1CCCCO1.[Li+]. The van der Waals surface area contributed by atoms with Crippen molar-refractivity contribution in [2.75, 3.05) is 13.2 Å². The van der Waals surface area contributed by atoms with E-state index in [0.29, 0.717) is 13.0 Å². The van der Waals surface area contributed by atoms with Crippen LogP contribution in [0.5, 0.6) is 0 Å². The van der Waals surface area contributed by atoms with Gasteiger partial charge in [0.25, 0.3) is 0 Å². The van der Waals surface area contributed by atoms with E-state index in [2.05, 4.69) is 10.2 Å². The van der Waals surface area contributed by atoms with Crippen molar-refractivity contribution in [1.29, 1.82) is 0 Å². The third-order valence-electron chi connectivity index (χ3n) is 4.31. The van der Waals surface area contributed by atoms with E-state index in [0.717, 1.165) is 49.6 Å². The Morgan fingerprint density at radius 2 is 1.68 bits per heavy atom. The Balaban J connectivity index is 0.000000198. The van der Waals surface area contributed by atoms with Crippen LogP contribution in [0.4, 0.5) is 8.78 Å². The van der Waals surface area contributed by atoms with Gasteiger partial charge in [-0.05, 0) is 38.5 Å². The van der Waals surface area contributed by atoms with Crippen molar-refractivity contribution in [3.63, 3.8) is 0 Å². The molecule has 2 aromatic rings. The smallest absolute Gasteiger partial charge is 0.767 e. The topological polar surface area (TPSA) is 94.2 Å². The maximum Gasteiger partial charge on any atom is 1.00 e. The molecule has 3 atom stereocenters. The van der Waals surface area contributed by atoms with Crippen LogP contribution in [0.25, 0.3) is 0 Å². The van der Waals surface area contributed by atoms with E-state index in [9.17, 15) is 17.5 Å². The van der Waals surface area contributed by atoms with Gasteiger partial charge < -0.3 is 14.0 Å². The molecular weight excluding hydrogens is 389 g/mol. The monoisotopic (exact) mass is 410 g/mol. The number of ether oxygens (including phenoxy) is 2. The minimum Gasteiger partial charge on any atom is -0.767 e. The molecule has 4 heterocycles. The number of hydrogen-bond acceptors (Lipinski definition) is 6. The molecule has 2 aliphatic rings. The van der Waals surface area contributed by atoms with Gasteiger partial charge in [-0.2, -0.15) is 10.2 Å². The largest absolute Gasteiger partial charge is 1.00 e. The molecular formula is C16H21F2LiN4O4S. The Morgan fingerprint density at radius 1 is 1.04 bits per heavy atom. The van der Waals surface area contributed by atoms with E-state index in [1.165, 1.54) is 12.4 Å². The number of aromatic nitrogens is 4. The molecule has 2 aromatic heterocycles. The van der Waals surface area contributed by atoms with Crippen LogP contribution in [0.2, 0.25) is 0 Å². The second-order valence-electron chi connectivity index (χ2n) is 6.26. The molecule has 0 bridgehead atoms. The van der Waals surface area contributed by atoms with Crippen molar-refractivity contribution < 1.29 is 45.9 Å². The fourth-order valence-corrected chi connectivity index (χ4v) is 3.54. The number of rotatable bonds is 3. The molecule has 0 N–H and O–H groups in total. The first-order chi connectivity index (χ1) is 13.1. The van der Waals surface area contributed by atoms with Crippen LogP contribution >= 0.6 is 0 Å². The Hall–Kier alpha value is -1.09. The molecule has 0 spiro atoms. The zero-order valence-corrected chi connectivity index (χ0v) is 16.4. The van der Waals surface area contributed by atoms with Gasteiger partial charge in [-0.15, -0.1) is 0 Å². The molecule has 2 fully saturated rings. The van der Waals surface area contributed by atoms with Crippen molar-refractivity contribution in [2.24, 2.45) is 0 Å². The summed E-state index contributed by atoms with van der Waals surface area (Å²) in [4.78, 5) is 0. The molecule has 0 saturated carbocycles. The van der Waals surface area contributed by atoms with Crippen molar-refractivity contribution in [2.45, 2.75) is 56.0 Å². The normalized spacial score (nSPS) is 23.2. The van der Waals surface area contributed by atoms with Gasteiger partial charge in [0.05, 0.1) is 18.6 Å². The van der Waals surface area contributed by atoms with Gasteiger partial charge in [0, 0.05) is 24.3 Å². The van der Waals surface area contributed by atoms with Gasteiger partial charge in [-0.3, -0.25) is 4.21 Å². The summed E-state index contributed by atoms with van der Waals surface area (Å²) in [6.07, 6.45) is 8.64. The molecule has 0 amide bonds. The van der Waals surface area contributed by atoms with Crippen molar-refractivity contribution in [3.8, 4) is 0 Å². The molecule has 0 aliphatic carbocycles. The minimum atomic E-state index is -2.63. The average Bonchev–Trinajstić information content (AvgIpc) is 3.29. The summed E-state index contributed by atoms with van der Waals surface area (Å²) in [6.45, 7) is 1.31. The molecule has 28 heavy (non-hydrogen) atoms. The Bertz CT molecular complexity index is 764. The minimum absolute atomic E-state index is 0. The Labute approximate surface area is 176 Å². The van der Waals surface area contributed by atoms with Crippen LogP contribution in [0.3, 0.4) is 0 Å². The van der Waals surface area contributed by atoms with E-state index in [4.69, 9.17) is 9.47 Å². The predicted octanol–water partition coefficient (Wildman–Crippen LogP) is -0.315. The van der Waals surface area contributed by atoms with E-state index in [-0.39, 0.29) is 30.9 Å². The van der Waals surface area contributed by atoms with Gasteiger partial charge in [0.15, 0.2) is 17.9 Å². The Kier molecular flexibility index (Phi) is 9.26. The molecule has 0 radical (unpaired) electrons. The van der Waals surface area contributed by atoms with Crippen LogP contribution < -0.4 is 18.9 Å². The predicted molar refractivity (Wildman–Crippen MR) is 89.2 cm³/mol. The number of nitrogens with zero attached hydrogens (tertiary/aromatic N) is 4.